The number of piperazine rings is 1. The van der Waals surface area contributed by atoms with Gasteiger partial charge in [-0.15, -0.1) is 22.7 Å². The lowest BCUT2D eigenvalue weighted by Crippen LogP contribution is -2.50. The van der Waals surface area contributed by atoms with E-state index in [-0.39, 0.29) is 18.4 Å². The van der Waals surface area contributed by atoms with Crippen LogP contribution in [0.4, 0.5) is 0 Å². The fourth-order valence-corrected chi connectivity index (χ4v) is 6.29. The molecule has 0 unspecified atom stereocenters. The number of thiophene rings is 1. The van der Waals surface area contributed by atoms with Gasteiger partial charge < -0.3 is 10.2 Å². The Morgan fingerprint density at radius 2 is 1.69 bits per heavy atom. The molecule has 0 spiro atoms. The van der Waals surface area contributed by atoms with Crippen LogP contribution in [0, 0.1) is 0 Å². The Labute approximate surface area is 198 Å². The number of rotatable bonds is 5. The second-order valence-corrected chi connectivity index (χ2v) is 10.2. The number of halogens is 1. The van der Waals surface area contributed by atoms with Gasteiger partial charge >= 0.3 is 0 Å². The van der Waals surface area contributed by atoms with Gasteiger partial charge in [0.15, 0.2) is 0 Å². The predicted octanol–water partition coefficient (Wildman–Crippen LogP) is 4.24. The molecule has 0 radical (unpaired) electrons. The van der Waals surface area contributed by atoms with Gasteiger partial charge in [-0.05, 0) is 18.2 Å². The summed E-state index contributed by atoms with van der Waals surface area (Å²) < 4.78 is 2.16. The number of hydrogen-bond acceptors (Lipinski definition) is 6. The summed E-state index contributed by atoms with van der Waals surface area (Å²) in [5, 5.41) is 5.14. The molecule has 0 bridgehead atoms. The highest BCUT2D eigenvalue weighted by Crippen LogP contribution is 2.35. The number of thiazole rings is 1. The molecule has 5 rings (SSSR count). The zero-order valence-corrected chi connectivity index (χ0v) is 19.6. The molecule has 0 atom stereocenters. The normalized spacial score (nSPS) is 14.8. The van der Waals surface area contributed by atoms with E-state index in [2.05, 4.69) is 16.3 Å². The van der Waals surface area contributed by atoms with Gasteiger partial charge in [-0.1, -0.05) is 41.9 Å². The number of nitrogens with one attached hydrogen (secondary N) is 1. The predicted molar refractivity (Wildman–Crippen MR) is 131 cm³/mol. The van der Waals surface area contributed by atoms with Crippen LogP contribution in [-0.4, -0.2) is 59.3 Å². The van der Waals surface area contributed by atoms with Crippen molar-refractivity contribution in [3.8, 4) is 0 Å². The molecule has 1 fully saturated rings. The SMILES string of the molecule is O=C(NCC(=O)N1CCN(Cc2nc3ccccc3s2)CC1)c1sc2ccccc2c1Cl. The maximum atomic E-state index is 12.6. The number of amides is 2. The van der Waals surface area contributed by atoms with Gasteiger partial charge in [0.2, 0.25) is 5.91 Å². The molecule has 0 aliphatic carbocycles. The minimum absolute atomic E-state index is 0.0265. The van der Waals surface area contributed by atoms with Crippen LogP contribution in [0.5, 0.6) is 0 Å². The molecule has 1 saturated heterocycles. The first-order valence-corrected chi connectivity index (χ1v) is 12.4. The van der Waals surface area contributed by atoms with Crippen LogP contribution in [-0.2, 0) is 11.3 Å². The van der Waals surface area contributed by atoms with Crippen molar-refractivity contribution in [2.75, 3.05) is 32.7 Å². The van der Waals surface area contributed by atoms with Gasteiger partial charge in [0.25, 0.3) is 5.91 Å². The summed E-state index contributed by atoms with van der Waals surface area (Å²) in [6.07, 6.45) is 0. The zero-order valence-electron chi connectivity index (χ0n) is 17.2. The molecule has 9 heteroatoms. The van der Waals surface area contributed by atoms with Gasteiger partial charge in [0.1, 0.15) is 9.88 Å². The smallest absolute Gasteiger partial charge is 0.263 e. The first-order chi connectivity index (χ1) is 15.6. The highest BCUT2D eigenvalue weighted by molar-refractivity contribution is 7.21. The molecule has 1 aliphatic rings. The minimum Gasteiger partial charge on any atom is -0.342 e. The van der Waals surface area contributed by atoms with Crippen LogP contribution in [0.25, 0.3) is 20.3 Å². The maximum Gasteiger partial charge on any atom is 0.263 e. The summed E-state index contributed by atoms with van der Waals surface area (Å²) in [7, 11) is 0. The Balaban J connectivity index is 1.12. The van der Waals surface area contributed by atoms with E-state index in [4.69, 9.17) is 16.6 Å². The third-order valence-corrected chi connectivity index (χ3v) is 8.26. The van der Waals surface area contributed by atoms with Crippen LogP contribution < -0.4 is 5.32 Å². The lowest BCUT2D eigenvalue weighted by molar-refractivity contribution is -0.131. The van der Waals surface area contributed by atoms with Gasteiger partial charge in [-0.3, -0.25) is 14.5 Å². The van der Waals surface area contributed by atoms with E-state index in [0.29, 0.717) is 23.0 Å². The summed E-state index contributed by atoms with van der Waals surface area (Å²) in [4.78, 5) is 34.5. The number of aromatic nitrogens is 1. The summed E-state index contributed by atoms with van der Waals surface area (Å²) in [6, 6.07) is 15.8. The first-order valence-electron chi connectivity index (χ1n) is 10.4. The van der Waals surface area contributed by atoms with E-state index in [1.807, 2.05) is 47.4 Å². The number of para-hydroxylation sites is 1. The van der Waals surface area contributed by atoms with Gasteiger partial charge in [-0.25, -0.2) is 4.98 Å². The van der Waals surface area contributed by atoms with E-state index < -0.39 is 0 Å². The van der Waals surface area contributed by atoms with E-state index in [0.717, 1.165) is 40.2 Å². The second kappa shape index (κ2) is 9.15. The fraction of sp³-hybridized carbons (Fsp3) is 0.261. The standard InChI is InChI=1S/C23H21ClN4O2S2/c24-21-15-5-1-3-7-17(15)32-22(21)23(30)25-13-20(29)28-11-9-27(10-12-28)14-19-26-16-6-2-4-8-18(16)31-19/h1-8H,9-14H2,(H,25,30). The average Bonchev–Trinajstić information content (AvgIpc) is 3.38. The molecule has 2 aromatic carbocycles. The maximum absolute atomic E-state index is 12.6. The van der Waals surface area contributed by atoms with Gasteiger partial charge in [0, 0.05) is 36.3 Å². The lowest BCUT2D eigenvalue weighted by Gasteiger charge is -2.34. The molecular weight excluding hydrogens is 464 g/mol. The summed E-state index contributed by atoms with van der Waals surface area (Å²) in [5.41, 5.74) is 1.04. The number of fused-ring (bicyclic) bond motifs is 2. The molecule has 32 heavy (non-hydrogen) atoms. The molecule has 4 aromatic rings. The minimum atomic E-state index is -0.306. The summed E-state index contributed by atoms with van der Waals surface area (Å²) >= 11 is 9.43. The van der Waals surface area contributed by atoms with E-state index in [9.17, 15) is 9.59 Å². The summed E-state index contributed by atoms with van der Waals surface area (Å²) in [6.45, 7) is 3.63. The first kappa shape index (κ1) is 21.3. The molecular formula is C23H21ClN4O2S2. The van der Waals surface area contributed by atoms with Crippen molar-refractivity contribution in [1.29, 1.82) is 0 Å². The van der Waals surface area contributed by atoms with Crippen molar-refractivity contribution in [2.24, 2.45) is 0 Å². The number of nitrogens with zero attached hydrogens (tertiary/aromatic N) is 3. The van der Waals surface area contributed by atoms with Crippen LogP contribution in [0.15, 0.2) is 48.5 Å². The fourth-order valence-electron chi connectivity index (χ4n) is 3.84. The second-order valence-electron chi connectivity index (χ2n) is 7.66. The number of benzene rings is 2. The number of carbonyl (C=O) groups is 2. The highest BCUT2D eigenvalue weighted by atomic mass is 35.5. The van der Waals surface area contributed by atoms with Crippen molar-refractivity contribution in [2.45, 2.75) is 6.54 Å². The third kappa shape index (κ3) is 4.36. The lowest BCUT2D eigenvalue weighted by atomic mass is 10.2. The Kier molecular flexibility index (Phi) is 6.10. The van der Waals surface area contributed by atoms with Crippen LogP contribution in [0.2, 0.25) is 5.02 Å². The third-order valence-electron chi connectivity index (χ3n) is 5.56. The van der Waals surface area contributed by atoms with Gasteiger partial charge in [0.05, 0.1) is 28.3 Å². The topological polar surface area (TPSA) is 65.5 Å². The van der Waals surface area contributed by atoms with Crippen LogP contribution in [0.1, 0.15) is 14.7 Å². The van der Waals surface area contributed by atoms with E-state index >= 15 is 0 Å². The van der Waals surface area contributed by atoms with Crippen molar-refractivity contribution < 1.29 is 9.59 Å². The number of hydrogen-bond donors (Lipinski definition) is 1. The van der Waals surface area contributed by atoms with Gasteiger partial charge in [-0.2, -0.15) is 0 Å². The largest absolute Gasteiger partial charge is 0.342 e. The molecule has 1 N–H and O–H groups in total. The zero-order chi connectivity index (χ0) is 22.1. The molecule has 2 amide bonds. The summed E-state index contributed by atoms with van der Waals surface area (Å²) in [5.74, 6) is -0.380. The molecule has 164 valence electrons. The monoisotopic (exact) mass is 484 g/mol. The quantitative estimate of drug-likeness (QED) is 0.460. The molecule has 0 saturated carbocycles. The van der Waals surface area contributed by atoms with Crippen molar-refractivity contribution in [3.63, 3.8) is 0 Å². The highest BCUT2D eigenvalue weighted by Gasteiger charge is 2.23. The average molecular weight is 485 g/mol. The van der Waals surface area contributed by atoms with Crippen molar-refractivity contribution in [1.82, 2.24) is 20.1 Å². The van der Waals surface area contributed by atoms with E-state index in [1.54, 1.807) is 11.3 Å². The Bertz CT molecular complexity index is 1260. The Morgan fingerprint density at radius 1 is 0.969 bits per heavy atom. The van der Waals surface area contributed by atoms with Crippen LogP contribution in [0.3, 0.4) is 0 Å². The van der Waals surface area contributed by atoms with Crippen molar-refractivity contribution >= 4 is 66.4 Å². The van der Waals surface area contributed by atoms with Crippen LogP contribution >= 0.6 is 34.3 Å². The molecule has 6 nitrogen and oxygen atoms in total. The Hall–Kier alpha value is -2.52. The molecule has 1 aliphatic heterocycles. The molecule has 2 aromatic heterocycles. The Morgan fingerprint density at radius 3 is 2.44 bits per heavy atom. The van der Waals surface area contributed by atoms with E-state index in [1.165, 1.54) is 16.0 Å². The number of carbonyl (C=O) groups excluding carboxylic acids is 2. The molecule has 3 heterocycles. The van der Waals surface area contributed by atoms with Crippen molar-refractivity contribution in [3.05, 3.63) is 63.4 Å².